The topological polar surface area (TPSA) is 58.6 Å². The molecule has 5 nitrogen and oxygen atoms in total. The van der Waals surface area contributed by atoms with Crippen LogP contribution in [0.3, 0.4) is 0 Å². The minimum atomic E-state index is -0.683. The zero-order chi connectivity index (χ0) is 26.1. The largest absolute Gasteiger partial charge is 0.483 e. The minimum absolute atomic E-state index is 0.0454. The quantitative estimate of drug-likeness (QED) is 0.325. The lowest BCUT2D eigenvalue weighted by molar-refractivity contribution is -0.143. The van der Waals surface area contributed by atoms with E-state index in [4.69, 9.17) is 4.74 Å². The number of nitrogens with one attached hydrogen (secondary N) is 1. The lowest BCUT2D eigenvalue weighted by atomic mass is 10.0. The van der Waals surface area contributed by atoms with Crippen molar-refractivity contribution in [3.8, 4) is 5.75 Å². The Balaban J connectivity index is 1.91. The molecule has 6 heteroatoms. The number of nitrogens with zero attached hydrogens (tertiary/aromatic N) is 1. The average molecular weight is 552 g/mol. The molecule has 0 spiro atoms. The number of amides is 2. The first-order valence-corrected chi connectivity index (χ1v) is 13.2. The molecule has 0 bridgehead atoms. The second-order valence-corrected chi connectivity index (χ2v) is 10.1. The molecule has 3 aromatic carbocycles. The molecule has 0 fully saturated rings. The maximum Gasteiger partial charge on any atom is 0.261 e. The van der Waals surface area contributed by atoms with Gasteiger partial charge in [-0.1, -0.05) is 73.2 Å². The molecule has 3 aromatic rings. The predicted octanol–water partition coefficient (Wildman–Crippen LogP) is 5.86. The molecule has 3 rings (SSSR count). The number of hydrogen-bond donors (Lipinski definition) is 1. The summed E-state index contributed by atoms with van der Waals surface area (Å²) in [6.45, 7) is 8.09. The van der Waals surface area contributed by atoms with Gasteiger partial charge in [0.1, 0.15) is 11.8 Å². The molecule has 1 unspecified atom stereocenters. The van der Waals surface area contributed by atoms with Gasteiger partial charge in [-0.15, -0.1) is 0 Å². The maximum atomic E-state index is 13.7. The number of hydrogen-bond acceptors (Lipinski definition) is 3. The third-order valence-electron chi connectivity index (χ3n) is 5.89. The summed E-state index contributed by atoms with van der Waals surface area (Å²) in [4.78, 5) is 28.7. The van der Waals surface area contributed by atoms with Gasteiger partial charge in [0.25, 0.3) is 5.91 Å². The first-order valence-electron chi connectivity index (χ1n) is 12.4. The normalized spacial score (nSPS) is 11.7. The van der Waals surface area contributed by atoms with Crippen LogP contribution in [0.1, 0.15) is 43.0 Å². The van der Waals surface area contributed by atoms with E-state index in [0.717, 1.165) is 27.6 Å². The second-order valence-electron chi connectivity index (χ2n) is 9.29. The van der Waals surface area contributed by atoms with E-state index < -0.39 is 6.04 Å². The van der Waals surface area contributed by atoms with E-state index in [1.165, 1.54) is 5.56 Å². The Morgan fingerprint density at radius 1 is 0.944 bits per heavy atom. The van der Waals surface area contributed by atoms with Crippen molar-refractivity contribution in [3.05, 3.63) is 99.5 Å². The van der Waals surface area contributed by atoms with Gasteiger partial charge in [-0.25, -0.2) is 0 Å². The number of carbonyl (C=O) groups excluding carboxylic acids is 2. The smallest absolute Gasteiger partial charge is 0.261 e. The van der Waals surface area contributed by atoms with Gasteiger partial charge in [0.05, 0.1) is 4.47 Å². The lowest BCUT2D eigenvalue weighted by Gasteiger charge is -2.32. The van der Waals surface area contributed by atoms with Crippen LogP contribution in [0.2, 0.25) is 0 Å². The summed E-state index contributed by atoms with van der Waals surface area (Å²) in [5.41, 5.74) is 4.23. The van der Waals surface area contributed by atoms with Gasteiger partial charge in [-0.3, -0.25) is 9.59 Å². The molecular weight excluding hydrogens is 516 g/mol. The Labute approximate surface area is 223 Å². The van der Waals surface area contributed by atoms with Crippen molar-refractivity contribution in [1.29, 1.82) is 0 Å². The second kappa shape index (κ2) is 13.3. The van der Waals surface area contributed by atoms with Crippen LogP contribution in [0, 0.1) is 6.92 Å². The standard InChI is InChI=1S/C30H35BrN2O3/c1-5-23-14-15-28(26(31)17-23)36-20-29(34)33(19-25-13-9-10-22(4)16-25)27(30(35)32-21(2)3)18-24-11-7-6-8-12-24/h6-17,21,27H,5,18-20H2,1-4H3,(H,32,35). The predicted molar refractivity (Wildman–Crippen MR) is 148 cm³/mol. The van der Waals surface area contributed by atoms with Crippen LogP contribution in [0.15, 0.2) is 77.3 Å². The van der Waals surface area contributed by atoms with Crippen molar-refractivity contribution in [1.82, 2.24) is 10.2 Å². The van der Waals surface area contributed by atoms with Crippen LogP contribution in [-0.4, -0.2) is 35.4 Å². The molecule has 1 N–H and O–H groups in total. The first kappa shape index (κ1) is 27.5. The number of halogens is 1. The number of benzene rings is 3. The first-order chi connectivity index (χ1) is 17.3. The van der Waals surface area contributed by atoms with Crippen LogP contribution < -0.4 is 10.1 Å². The Kier molecular flexibility index (Phi) is 10.1. The Morgan fingerprint density at radius 2 is 1.67 bits per heavy atom. The highest BCUT2D eigenvalue weighted by atomic mass is 79.9. The molecule has 0 aliphatic heterocycles. The minimum Gasteiger partial charge on any atom is -0.483 e. The Hall–Kier alpha value is -3.12. The Morgan fingerprint density at radius 3 is 2.31 bits per heavy atom. The molecule has 190 valence electrons. The van der Waals surface area contributed by atoms with E-state index in [-0.39, 0.29) is 24.5 Å². The zero-order valence-electron chi connectivity index (χ0n) is 21.5. The fourth-order valence-electron chi connectivity index (χ4n) is 4.05. The van der Waals surface area contributed by atoms with E-state index in [0.29, 0.717) is 18.7 Å². The molecule has 0 saturated carbocycles. The van der Waals surface area contributed by atoms with Gasteiger partial charge >= 0.3 is 0 Å². The van der Waals surface area contributed by atoms with Crippen molar-refractivity contribution in [2.75, 3.05) is 6.61 Å². The van der Waals surface area contributed by atoms with E-state index >= 15 is 0 Å². The number of rotatable bonds is 11. The van der Waals surface area contributed by atoms with Crippen molar-refractivity contribution >= 4 is 27.7 Å². The summed E-state index contributed by atoms with van der Waals surface area (Å²) in [6.07, 6.45) is 1.32. The number of carbonyl (C=O) groups is 2. The third-order valence-corrected chi connectivity index (χ3v) is 6.51. The summed E-state index contributed by atoms with van der Waals surface area (Å²) in [6, 6.07) is 22.9. The van der Waals surface area contributed by atoms with Gasteiger partial charge in [0.15, 0.2) is 6.61 Å². The number of ether oxygens (including phenoxy) is 1. The average Bonchev–Trinajstić information content (AvgIpc) is 2.85. The molecule has 36 heavy (non-hydrogen) atoms. The molecule has 2 amide bonds. The highest BCUT2D eigenvalue weighted by Crippen LogP contribution is 2.26. The fraction of sp³-hybridized carbons (Fsp3) is 0.333. The molecule has 0 aliphatic rings. The molecule has 0 aromatic heterocycles. The molecule has 0 saturated heterocycles. The van der Waals surface area contributed by atoms with Crippen LogP contribution in [0.5, 0.6) is 5.75 Å². The molecule has 0 radical (unpaired) electrons. The highest BCUT2D eigenvalue weighted by molar-refractivity contribution is 9.10. The van der Waals surface area contributed by atoms with Crippen LogP contribution in [-0.2, 0) is 29.0 Å². The SMILES string of the molecule is CCc1ccc(OCC(=O)N(Cc2cccc(C)c2)C(Cc2ccccc2)C(=O)NC(C)C)c(Br)c1. The van der Waals surface area contributed by atoms with Crippen molar-refractivity contribution in [2.45, 2.75) is 59.2 Å². The van der Waals surface area contributed by atoms with Crippen molar-refractivity contribution in [2.24, 2.45) is 0 Å². The van der Waals surface area contributed by atoms with E-state index in [1.807, 2.05) is 93.6 Å². The van der Waals surface area contributed by atoms with Crippen molar-refractivity contribution < 1.29 is 14.3 Å². The number of aryl methyl sites for hydroxylation is 2. The van der Waals surface area contributed by atoms with Crippen LogP contribution in [0.4, 0.5) is 0 Å². The molecule has 0 aliphatic carbocycles. The van der Waals surface area contributed by atoms with Crippen LogP contribution in [0.25, 0.3) is 0 Å². The van der Waals surface area contributed by atoms with Gasteiger partial charge in [-0.2, -0.15) is 0 Å². The lowest BCUT2D eigenvalue weighted by Crippen LogP contribution is -2.52. The molecule has 0 heterocycles. The van der Waals surface area contributed by atoms with Gasteiger partial charge in [0, 0.05) is 19.0 Å². The summed E-state index contributed by atoms with van der Waals surface area (Å²) in [5, 5.41) is 3.01. The van der Waals surface area contributed by atoms with E-state index in [1.54, 1.807) is 4.90 Å². The van der Waals surface area contributed by atoms with Gasteiger partial charge < -0.3 is 15.0 Å². The molecular formula is C30H35BrN2O3. The monoisotopic (exact) mass is 550 g/mol. The zero-order valence-corrected chi connectivity index (χ0v) is 23.0. The van der Waals surface area contributed by atoms with Gasteiger partial charge in [-0.05, 0) is 71.9 Å². The highest BCUT2D eigenvalue weighted by Gasteiger charge is 2.31. The summed E-state index contributed by atoms with van der Waals surface area (Å²) in [5.74, 6) is 0.174. The molecule has 1 atom stereocenters. The van der Waals surface area contributed by atoms with Gasteiger partial charge in [0.2, 0.25) is 5.91 Å². The van der Waals surface area contributed by atoms with Crippen molar-refractivity contribution in [3.63, 3.8) is 0 Å². The van der Waals surface area contributed by atoms with E-state index in [9.17, 15) is 9.59 Å². The Bertz CT molecular complexity index is 1160. The fourth-order valence-corrected chi connectivity index (χ4v) is 4.59. The summed E-state index contributed by atoms with van der Waals surface area (Å²) < 4.78 is 6.74. The third kappa shape index (κ3) is 7.95. The van der Waals surface area contributed by atoms with Crippen LogP contribution >= 0.6 is 15.9 Å². The van der Waals surface area contributed by atoms with E-state index in [2.05, 4.69) is 28.2 Å². The summed E-state index contributed by atoms with van der Waals surface area (Å²) in [7, 11) is 0. The maximum absolute atomic E-state index is 13.7. The summed E-state index contributed by atoms with van der Waals surface area (Å²) >= 11 is 3.55.